The molecule has 0 spiro atoms. The molecule has 1 atom stereocenters. The number of thiazole rings is 1. The molecule has 0 aliphatic rings. The van der Waals surface area contributed by atoms with Crippen LogP contribution in [0.25, 0.3) is 0 Å². The second-order valence-corrected chi connectivity index (χ2v) is 3.96. The van der Waals surface area contributed by atoms with Crippen molar-refractivity contribution in [2.45, 2.75) is 19.4 Å². The van der Waals surface area contributed by atoms with Crippen LogP contribution >= 0.6 is 11.3 Å². The summed E-state index contributed by atoms with van der Waals surface area (Å²) in [4.78, 5) is 4.29. The summed E-state index contributed by atoms with van der Waals surface area (Å²) >= 11 is 1.57. The Bertz CT molecular complexity index is 259. The fourth-order valence-electron chi connectivity index (χ4n) is 1.15. The maximum absolute atomic E-state index is 8.83. The molecule has 0 saturated heterocycles. The first-order chi connectivity index (χ1) is 6.76. The van der Waals surface area contributed by atoms with Gasteiger partial charge in [0, 0.05) is 19.1 Å². The maximum atomic E-state index is 8.83. The average Bonchev–Trinajstić information content (AvgIpc) is 2.52. The van der Waals surface area contributed by atoms with Crippen LogP contribution in [-0.4, -0.2) is 36.5 Å². The molecule has 0 aliphatic heterocycles. The third kappa shape index (κ3) is 3.61. The summed E-state index contributed by atoms with van der Waals surface area (Å²) in [6, 6.07) is 0.135. The van der Waals surface area contributed by atoms with Gasteiger partial charge in [0.1, 0.15) is 0 Å². The zero-order chi connectivity index (χ0) is 10.4. The van der Waals surface area contributed by atoms with E-state index in [0.717, 1.165) is 10.8 Å². The lowest BCUT2D eigenvalue weighted by molar-refractivity contribution is 0.170. The predicted octanol–water partition coefficient (Wildman–Crippen LogP) is 1.26. The Morgan fingerprint density at radius 1 is 1.71 bits per heavy atom. The van der Waals surface area contributed by atoms with Gasteiger partial charge in [-0.25, -0.2) is 4.98 Å². The smallest absolute Gasteiger partial charge is 0.183 e. The number of aliphatic hydroxyl groups excluding tert-OH is 1. The summed E-state index contributed by atoms with van der Waals surface area (Å²) in [5, 5.41) is 14.9. The maximum Gasteiger partial charge on any atom is 0.183 e. The first kappa shape index (κ1) is 11.4. The van der Waals surface area contributed by atoms with Crippen LogP contribution in [-0.2, 0) is 4.74 Å². The van der Waals surface area contributed by atoms with Crippen molar-refractivity contribution in [3.05, 3.63) is 11.1 Å². The Morgan fingerprint density at radius 3 is 3.00 bits per heavy atom. The molecule has 0 bridgehead atoms. The highest BCUT2D eigenvalue weighted by molar-refractivity contribution is 7.13. The van der Waals surface area contributed by atoms with Gasteiger partial charge in [-0.05, 0) is 13.3 Å². The van der Waals surface area contributed by atoms with E-state index in [1.807, 2.05) is 12.3 Å². The van der Waals surface area contributed by atoms with Crippen LogP contribution in [0.3, 0.4) is 0 Å². The fraction of sp³-hybridized carbons (Fsp3) is 0.667. The van der Waals surface area contributed by atoms with E-state index in [2.05, 4.69) is 10.3 Å². The Balaban J connectivity index is 2.46. The van der Waals surface area contributed by atoms with Crippen LogP contribution in [0, 0.1) is 6.92 Å². The zero-order valence-corrected chi connectivity index (χ0v) is 9.30. The molecule has 0 amide bonds. The molecule has 0 fully saturated rings. The Kier molecular flexibility index (Phi) is 4.86. The predicted molar refractivity (Wildman–Crippen MR) is 57.8 cm³/mol. The number of aliphatic hydroxyl groups is 1. The summed E-state index contributed by atoms with van der Waals surface area (Å²) in [5.74, 6) is 0. The van der Waals surface area contributed by atoms with Crippen LogP contribution in [0.1, 0.15) is 12.1 Å². The van der Waals surface area contributed by atoms with Crippen molar-refractivity contribution in [1.29, 1.82) is 0 Å². The van der Waals surface area contributed by atoms with Gasteiger partial charge in [0.05, 0.1) is 18.3 Å². The number of nitrogens with one attached hydrogen (secondary N) is 1. The molecule has 1 unspecified atom stereocenters. The Hall–Kier alpha value is -0.650. The topological polar surface area (TPSA) is 54.4 Å². The third-order valence-corrected chi connectivity index (χ3v) is 2.68. The van der Waals surface area contributed by atoms with Crippen molar-refractivity contribution >= 4 is 16.5 Å². The van der Waals surface area contributed by atoms with Crippen molar-refractivity contribution in [3.8, 4) is 0 Å². The van der Waals surface area contributed by atoms with Crippen molar-refractivity contribution in [3.63, 3.8) is 0 Å². The van der Waals surface area contributed by atoms with E-state index in [4.69, 9.17) is 9.84 Å². The van der Waals surface area contributed by atoms with Gasteiger partial charge in [-0.3, -0.25) is 0 Å². The van der Waals surface area contributed by atoms with E-state index in [9.17, 15) is 0 Å². The van der Waals surface area contributed by atoms with E-state index in [1.165, 1.54) is 0 Å². The number of rotatable bonds is 6. The van der Waals surface area contributed by atoms with E-state index < -0.39 is 0 Å². The standard InChI is InChI=1S/C9H16N2O2S/c1-7-6-14-9(10-7)11-8(3-4-12)5-13-2/h6,8,12H,3-5H2,1-2H3,(H,10,11). The third-order valence-electron chi connectivity index (χ3n) is 1.79. The highest BCUT2D eigenvalue weighted by atomic mass is 32.1. The summed E-state index contributed by atoms with van der Waals surface area (Å²) in [7, 11) is 1.65. The van der Waals surface area contributed by atoms with Gasteiger partial charge in [-0.15, -0.1) is 11.3 Å². The number of hydrogen-bond donors (Lipinski definition) is 2. The normalized spacial score (nSPS) is 12.8. The molecular weight excluding hydrogens is 200 g/mol. The molecule has 1 aromatic rings. The summed E-state index contributed by atoms with van der Waals surface area (Å²) in [6.07, 6.45) is 0.673. The van der Waals surface area contributed by atoms with E-state index in [1.54, 1.807) is 18.4 Å². The zero-order valence-electron chi connectivity index (χ0n) is 8.49. The monoisotopic (exact) mass is 216 g/mol. The number of methoxy groups -OCH3 is 1. The van der Waals surface area contributed by atoms with Gasteiger partial charge < -0.3 is 15.2 Å². The van der Waals surface area contributed by atoms with E-state index in [-0.39, 0.29) is 12.6 Å². The van der Waals surface area contributed by atoms with Crippen LogP contribution in [0.5, 0.6) is 0 Å². The quantitative estimate of drug-likeness (QED) is 0.751. The van der Waals surface area contributed by atoms with Gasteiger partial charge in [0.2, 0.25) is 0 Å². The molecular formula is C9H16N2O2S. The molecule has 0 aromatic carbocycles. The van der Waals surface area contributed by atoms with Crippen LogP contribution in [0.15, 0.2) is 5.38 Å². The number of ether oxygens (including phenoxy) is 1. The van der Waals surface area contributed by atoms with Gasteiger partial charge >= 0.3 is 0 Å². The van der Waals surface area contributed by atoms with Crippen molar-refractivity contribution in [2.75, 3.05) is 25.6 Å². The first-order valence-electron chi connectivity index (χ1n) is 4.54. The number of hydrogen-bond acceptors (Lipinski definition) is 5. The molecule has 2 N–H and O–H groups in total. The molecule has 0 radical (unpaired) electrons. The number of aryl methyl sites for hydroxylation is 1. The molecule has 1 aromatic heterocycles. The summed E-state index contributed by atoms with van der Waals surface area (Å²) < 4.78 is 5.04. The molecule has 14 heavy (non-hydrogen) atoms. The second-order valence-electron chi connectivity index (χ2n) is 3.10. The minimum absolute atomic E-state index is 0.135. The van der Waals surface area contributed by atoms with Gasteiger partial charge in [0.15, 0.2) is 5.13 Å². The molecule has 5 heteroatoms. The second kappa shape index (κ2) is 5.95. The molecule has 0 aliphatic carbocycles. The van der Waals surface area contributed by atoms with Crippen molar-refractivity contribution < 1.29 is 9.84 Å². The lowest BCUT2D eigenvalue weighted by atomic mass is 10.2. The van der Waals surface area contributed by atoms with Crippen LogP contribution < -0.4 is 5.32 Å². The van der Waals surface area contributed by atoms with Crippen molar-refractivity contribution in [2.24, 2.45) is 0 Å². The Labute approximate surface area is 87.9 Å². The van der Waals surface area contributed by atoms with E-state index in [0.29, 0.717) is 13.0 Å². The lowest BCUT2D eigenvalue weighted by Crippen LogP contribution is -2.26. The largest absolute Gasteiger partial charge is 0.396 e. The molecule has 80 valence electrons. The number of nitrogens with zero attached hydrogens (tertiary/aromatic N) is 1. The van der Waals surface area contributed by atoms with E-state index >= 15 is 0 Å². The first-order valence-corrected chi connectivity index (χ1v) is 5.42. The van der Waals surface area contributed by atoms with Crippen molar-refractivity contribution in [1.82, 2.24) is 4.98 Å². The summed E-state index contributed by atoms with van der Waals surface area (Å²) in [6.45, 7) is 2.70. The SMILES string of the molecule is COCC(CCO)Nc1nc(C)cs1. The fourth-order valence-corrected chi connectivity index (χ4v) is 1.92. The highest BCUT2D eigenvalue weighted by Gasteiger charge is 2.09. The average molecular weight is 216 g/mol. The Morgan fingerprint density at radius 2 is 2.50 bits per heavy atom. The van der Waals surface area contributed by atoms with Gasteiger partial charge in [-0.1, -0.05) is 0 Å². The number of anilines is 1. The van der Waals surface area contributed by atoms with Gasteiger partial charge in [0.25, 0.3) is 0 Å². The summed E-state index contributed by atoms with van der Waals surface area (Å²) in [5.41, 5.74) is 1.01. The molecule has 1 heterocycles. The lowest BCUT2D eigenvalue weighted by Gasteiger charge is -2.15. The van der Waals surface area contributed by atoms with Crippen LogP contribution in [0.4, 0.5) is 5.13 Å². The minimum atomic E-state index is 0.135. The molecule has 4 nitrogen and oxygen atoms in total. The number of aromatic nitrogens is 1. The highest BCUT2D eigenvalue weighted by Crippen LogP contribution is 2.16. The molecule has 0 saturated carbocycles. The minimum Gasteiger partial charge on any atom is -0.396 e. The van der Waals surface area contributed by atoms with Crippen LogP contribution in [0.2, 0.25) is 0 Å². The molecule has 1 rings (SSSR count). The van der Waals surface area contributed by atoms with Gasteiger partial charge in [-0.2, -0.15) is 0 Å².